The minimum atomic E-state index is 0.170. The molecular weight excluding hydrogens is 174 g/mol. The Labute approximate surface area is 86.7 Å². The van der Waals surface area contributed by atoms with E-state index in [1.165, 1.54) is 25.7 Å². The van der Waals surface area contributed by atoms with Gasteiger partial charge in [0.05, 0.1) is 0 Å². The zero-order valence-electron chi connectivity index (χ0n) is 9.76. The van der Waals surface area contributed by atoms with Crippen molar-refractivity contribution in [3.63, 3.8) is 0 Å². The summed E-state index contributed by atoms with van der Waals surface area (Å²) in [4.78, 5) is 13.9. The molecule has 14 heavy (non-hydrogen) atoms. The molecular formula is C12H21NO. The van der Waals surface area contributed by atoms with Gasteiger partial charge >= 0.3 is 0 Å². The van der Waals surface area contributed by atoms with Crippen LogP contribution in [0.15, 0.2) is 0 Å². The average Bonchev–Trinajstić information content (AvgIpc) is 2.57. The first kappa shape index (κ1) is 10.0. The fourth-order valence-electron chi connectivity index (χ4n) is 3.60. The SMILES string of the molecule is CC(=O)N1C2CCC1(C(C)(C)C)CC2. The molecule has 0 spiro atoms. The summed E-state index contributed by atoms with van der Waals surface area (Å²) in [5, 5.41) is 0. The zero-order chi connectivity index (χ0) is 10.6. The van der Waals surface area contributed by atoms with Crippen LogP contribution in [0, 0.1) is 5.41 Å². The summed E-state index contributed by atoms with van der Waals surface area (Å²) in [6, 6.07) is 0.548. The predicted molar refractivity (Wildman–Crippen MR) is 57.0 cm³/mol. The largest absolute Gasteiger partial charge is 0.334 e. The molecule has 2 aliphatic heterocycles. The van der Waals surface area contributed by atoms with Crippen molar-refractivity contribution in [1.82, 2.24) is 4.90 Å². The quantitative estimate of drug-likeness (QED) is 0.582. The second-order valence-corrected chi connectivity index (χ2v) is 5.90. The standard InChI is InChI=1S/C12H21NO/c1-9(14)13-10-5-7-12(13,8-6-10)11(2,3)4/h10H,5-8H2,1-4H3. The first-order valence-corrected chi connectivity index (χ1v) is 5.68. The third-order valence-electron chi connectivity index (χ3n) is 4.34. The van der Waals surface area contributed by atoms with Crippen molar-refractivity contribution >= 4 is 5.91 Å². The van der Waals surface area contributed by atoms with Crippen LogP contribution in [0.1, 0.15) is 53.4 Å². The highest BCUT2D eigenvalue weighted by atomic mass is 16.2. The highest BCUT2D eigenvalue weighted by molar-refractivity contribution is 5.75. The van der Waals surface area contributed by atoms with Gasteiger partial charge in [0, 0.05) is 18.5 Å². The Morgan fingerprint density at radius 3 is 2.07 bits per heavy atom. The number of rotatable bonds is 0. The fourth-order valence-corrected chi connectivity index (χ4v) is 3.60. The molecule has 2 heterocycles. The molecule has 1 amide bonds. The van der Waals surface area contributed by atoms with E-state index in [2.05, 4.69) is 25.7 Å². The van der Waals surface area contributed by atoms with Gasteiger partial charge in [-0.1, -0.05) is 20.8 Å². The number of hydrogen-bond donors (Lipinski definition) is 0. The molecule has 2 saturated heterocycles. The van der Waals surface area contributed by atoms with Crippen LogP contribution in [0.25, 0.3) is 0 Å². The van der Waals surface area contributed by atoms with E-state index < -0.39 is 0 Å². The van der Waals surface area contributed by atoms with Crippen LogP contribution in [0.3, 0.4) is 0 Å². The molecule has 2 bridgehead atoms. The van der Waals surface area contributed by atoms with Gasteiger partial charge in [-0.25, -0.2) is 0 Å². The maximum Gasteiger partial charge on any atom is 0.220 e. The van der Waals surface area contributed by atoms with Gasteiger partial charge in [0.15, 0.2) is 0 Å². The maximum absolute atomic E-state index is 11.7. The summed E-state index contributed by atoms with van der Waals surface area (Å²) >= 11 is 0. The summed E-state index contributed by atoms with van der Waals surface area (Å²) in [6.45, 7) is 8.55. The van der Waals surface area contributed by atoms with Gasteiger partial charge in [-0.3, -0.25) is 4.79 Å². The number of fused-ring (bicyclic) bond motifs is 2. The average molecular weight is 195 g/mol. The molecule has 0 unspecified atom stereocenters. The van der Waals surface area contributed by atoms with Crippen molar-refractivity contribution in [2.24, 2.45) is 5.41 Å². The van der Waals surface area contributed by atoms with Crippen LogP contribution in [-0.4, -0.2) is 22.4 Å². The smallest absolute Gasteiger partial charge is 0.220 e. The van der Waals surface area contributed by atoms with Gasteiger partial charge in [0.25, 0.3) is 0 Å². The Bertz CT molecular complexity index is 256. The number of amides is 1. The van der Waals surface area contributed by atoms with E-state index in [0.717, 1.165) is 0 Å². The van der Waals surface area contributed by atoms with Gasteiger partial charge in [-0.05, 0) is 31.1 Å². The van der Waals surface area contributed by atoms with E-state index in [9.17, 15) is 4.79 Å². The Hall–Kier alpha value is -0.530. The molecule has 2 fully saturated rings. The lowest BCUT2D eigenvalue weighted by molar-refractivity contribution is -0.136. The normalized spacial score (nSPS) is 36.6. The molecule has 2 rings (SSSR count). The molecule has 0 aromatic heterocycles. The topological polar surface area (TPSA) is 20.3 Å². The van der Waals surface area contributed by atoms with Crippen molar-refractivity contribution in [2.75, 3.05) is 0 Å². The van der Waals surface area contributed by atoms with Crippen molar-refractivity contribution in [3.05, 3.63) is 0 Å². The summed E-state index contributed by atoms with van der Waals surface area (Å²) in [6.07, 6.45) is 4.86. The molecule has 0 N–H and O–H groups in total. The molecule has 80 valence electrons. The Kier molecular flexibility index (Phi) is 1.96. The molecule has 0 aromatic carbocycles. The number of carbonyl (C=O) groups excluding carboxylic acids is 1. The Morgan fingerprint density at radius 2 is 1.79 bits per heavy atom. The zero-order valence-corrected chi connectivity index (χ0v) is 9.76. The molecule has 2 aliphatic rings. The highest BCUT2D eigenvalue weighted by Crippen LogP contribution is 2.55. The van der Waals surface area contributed by atoms with Crippen molar-refractivity contribution < 1.29 is 4.79 Å². The van der Waals surface area contributed by atoms with Gasteiger partial charge in [0.2, 0.25) is 5.91 Å². The molecule has 0 aromatic rings. The molecule has 0 atom stereocenters. The second-order valence-electron chi connectivity index (χ2n) is 5.90. The second kappa shape index (κ2) is 2.74. The van der Waals surface area contributed by atoms with Gasteiger partial charge < -0.3 is 4.90 Å². The van der Waals surface area contributed by atoms with E-state index in [-0.39, 0.29) is 16.9 Å². The lowest BCUT2D eigenvalue weighted by Gasteiger charge is -2.45. The van der Waals surface area contributed by atoms with Crippen LogP contribution in [0.2, 0.25) is 0 Å². The predicted octanol–water partition coefficient (Wildman–Crippen LogP) is 2.58. The summed E-state index contributed by atoms with van der Waals surface area (Å²) < 4.78 is 0. The van der Waals surface area contributed by atoms with Crippen LogP contribution in [0.4, 0.5) is 0 Å². The van der Waals surface area contributed by atoms with Gasteiger partial charge in [0.1, 0.15) is 0 Å². The monoisotopic (exact) mass is 195 g/mol. The highest BCUT2D eigenvalue weighted by Gasteiger charge is 2.58. The van der Waals surface area contributed by atoms with Crippen LogP contribution < -0.4 is 0 Å². The number of nitrogens with zero attached hydrogens (tertiary/aromatic N) is 1. The number of hydrogen-bond acceptors (Lipinski definition) is 1. The molecule has 0 aliphatic carbocycles. The lowest BCUT2D eigenvalue weighted by Crippen LogP contribution is -2.52. The van der Waals surface area contributed by atoms with E-state index in [4.69, 9.17) is 0 Å². The van der Waals surface area contributed by atoms with Crippen molar-refractivity contribution in [3.8, 4) is 0 Å². The lowest BCUT2D eigenvalue weighted by atomic mass is 9.69. The maximum atomic E-state index is 11.7. The van der Waals surface area contributed by atoms with Crippen LogP contribution in [-0.2, 0) is 4.79 Å². The molecule has 0 radical (unpaired) electrons. The van der Waals surface area contributed by atoms with E-state index in [1.54, 1.807) is 6.92 Å². The van der Waals surface area contributed by atoms with E-state index >= 15 is 0 Å². The molecule has 2 nitrogen and oxygen atoms in total. The van der Waals surface area contributed by atoms with Crippen LogP contribution >= 0.6 is 0 Å². The minimum absolute atomic E-state index is 0.170. The third-order valence-corrected chi connectivity index (χ3v) is 4.34. The van der Waals surface area contributed by atoms with Crippen molar-refractivity contribution in [2.45, 2.75) is 65.0 Å². The molecule has 0 saturated carbocycles. The van der Waals surface area contributed by atoms with E-state index in [0.29, 0.717) is 6.04 Å². The Balaban J connectivity index is 2.38. The minimum Gasteiger partial charge on any atom is -0.334 e. The summed E-state index contributed by atoms with van der Waals surface area (Å²) in [5.41, 5.74) is 0.396. The van der Waals surface area contributed by atoms with E-state index in [1.807, 2.05) is 0 Å². The number of carbonyl (C=O) groups is 1. The third kappa shape index (κ3) is 1.06. The summed E-state index contributed by atoms with van der Waals surface area (Å²) in [7, 11) is 0. The first-order chi connectivity index (χ1) is 6.38. The summed E-state index contributed by atoms with van der Waals surface area (Å²) in [5.74, 6) is 0.278. The van der Waals surface area contributed by atoms with Gasteiger partial charge in [-0.15, -0.1) is 0 Å². The van der Waals surface area contributed by atoms with Crippen LogP contribution in [0.5, 0.6) is 0 Å². The Morgan fingerprint density at radius 1 is 1.29 bits per heavy atom. The van der Waals surface area contributed by atoms with Crippen molar-refractivity contribution in [1.29, 1.82) is 0 Å². The fraction of sp³-hybridized carbons (Fsp3) is 0.917. The first-order valence-electron chi connectivity index (χ1n) is 5.68. The molecule has 2 heteroatoms. The van der Waals surface area contributed by atoms with Gasteiger partial charge in [-0.2, -0.15) is 0 Å².